The highest BCUT2D eigenvalue weighted by atomic mass is 16.6. The Labute approximate surface area is 130 Å². The molecular formula is C16H23N3O3. The summed E-state index contributed by atoms with van der Waals surface area (Å²) in [4.78, 5) is 25.4. The Balaban J connectivity index is 1.99. The third-order valence-electron chi connectivity index (χ3n) is 3.36. The van der Waals surface area contributed by atoms with E-state index in [1.165, 1.54) is 0 Å². The van der Waals surface area contributed by atoms with E-state index in [-0.39, 0.29) is 11.8 Å². The fraction of sp³-hybridized carbons (Fsp3) is 0.500. The van der Waals surface area contributed by atoms with Gasteiger partial charge in [0.2, 0.25) is 5.91 Å². The van der Waals surface area contributed by atoms with E-state index in [0.717, 1.165) is 5.69 Å². The van der Waals surface area contributed by atoms with Crippen molar-refractivity contribution in [2.75, 3.05) is 23.3 Å². The summed E-state index contributed by atoms with van der Waals surface area (Å²) in [7, 11) is 0. The number of anilines is 2. The first-order valence-corrected chi connectivity index (χ1v) is 7.39. The zero-order chi connectivity index (χ0) is 16.3. The van der Waals surface area contributed by atoms with Crippen LogP contribution in [0.4, 0.5) is 16.2 Å². The smallest absolute Gasteiger partial charge is 0.412 e. The van der Waals surface area contributed by atoms with E-state index >= 15 is 0 Å². The molecule has 0 spiro atoms. The average molecular weight is 305 g/mol. The van der Waals surface area contributed by atoms with E-state index in [4.69, 9.17) is 10.5 Å². The van der Waals surface area contributed by atoms with Crippen LogP contribution in [0.1, 0.15) is 27.2 Å². The highest BCUT2D eigenvalue weighted by molar-refractivity contribution is 5.96. The van der Waals surface area contributed by atoms with Gasteiger partial charge >= 0.3 is 6.09 Å². The molecular weight excluding hydrogens is 282 g/mol. The second-order valence-electron chi connectivity index (χ2n) is 6.48. The van der Waals surface area contributed by atoms with Crippen LogP contribution in [0.2, 0.25) is 0 Å². The maximum atomic E-state index is 11.9. The molecule has 22 heavy (non-hydrogen) atoms. The van der Waals surface area contributed by atoms with Crippen LogP contribution in [0.3, 0.4) is 0 Å². The minimum absolute atomic E-state index is 0.0864. The summed E-state index contributed by atoms with van der Waals surface area (Å²) in [5.74, 6) is 0.301. The fourth-order valence-corrected chi connectivity index (χ4v) is 2.34. The number of carbonyl (C=O) groups is 2. The van der Waals surface area contributed by atoms with Gasteiger partial charge in [-0.25, -0.2) is 4.79 Å². The molecule has 1 atom stereocenters. The Hall–Kier alpha value is -2.08. The van der Waals surface area contributed by atoms with Crippen LogP contribution >= 0.6 is 0 Å². The van der Waals surface area contributed by atoms with Gasteiger partial charge in [0.05, 0.1) is 0 Å². The molecule has 0 aromatic heterocycles. The van der Waals surface area contributed by atoms with Crippen LogP contribution in [0, 0.1) is 5.92 Å². The Kier molecular flexibility index (Phi) is 4.71. The number of rotatable bonds is 3. The normalized spacial score (nSPS) is 18.5. The van der Waals surface area contributed by atoms with Crippen LogP contribution in [0.25, 0.3) is 0 Å². The molecule has 6 heteroatoms. The Morgan fingerprint density at radius 2 is 2.00 bits per heavy atom. The van der Waals surface area contributed by atoms with Crippen LogP contribution in [-0.2, 0) is 9.53 Å². The summed E-state index contributed by atoms with van der Waals surface area (Å²) < 4.78 is 5.19. The van der Waals surface area contributed by atoms with Gasteiger partial charge in [-0.15, -0.1) is 0 Å². The number of amides is 2. The monoisotopic (exact) mass is 305 g/mol. The standard InChI is InChI=1S/C16H23N3O3/c1-16(2,3)22-15(21)18-12-4-6-13(7-5-12)19-10-11(9-17)8-14(19)20/h4-7,11H,8-10,17H2,1-3H3,(H,18,21). The summed E-state index contributed by atoms with van der Waals surface area (Å²) in [6.07, 6.45) is -0.00490. The molecule has 0 aliphatic carbocycles. The molecule has 0 radical (unpaired) electrons. The lowest BCUT2D eigenvalue weighted by Gasteiger charge is -2.20. The van der Waals surface area contributed by atoms with E-state index in [0.29, 0.717) is 25.2 Å². The zero-order valence-electron chi connectivity index (χ0n) is 13.3. The Bertz CT molecular complexity index is 549. The van der Waals surface area contributed by atoms with Crippen molar-refractivity contribution in [2.24, 2.45) is 11.7 Å². The summed E-state index contributed by atoms with van der Waals surface area (Å²) in [6.45, 7) is 6.59. The summed E-state index contributed by atoms with van der Waals surface area (Å²) in [5, 5.41) is 2.66. The second kappa shape index (κ2) is 6.36. The van der Waals surface area contributed by atoms with Crippen molar-refractivity contribution in [3.05, 3.63) is 24.3 Å². The van der Waals surface area contributed by atoms with Crippen LogP contribution in [0.15, 0.2) is 24.3 Å². The van der Waals surface area contributed by atoms with E-state index in [2.05, 4.69) is 5.32 Å². The first-order valence-electron chi connectivity index (χ1n) is 7.39. The number of nitrogens with one attached hydrogen (secondary N) is 1. The maximum absolute atomic E-state index is 11.9. The van der Waals surface area contributed by atoms with Crippen molar-refractivity contribution in [1.29, 1.82) is 0 Å². The van der Waals surface area contributed by atoms with E-state index in [1.807, 2.05) is 32.9 Å². The summed E-state index contributed by atoms with van der Waals surface area (Å²) in [6, 6.07) is 7.12. The first-order chi connectivity index (χ1) is 10.3. The largest absolute Gasteiger partial charge is 0.444 e. The maximum Gasteiger partial charge on any atom is 0.412 e. The molecule has 2 rings (SSSR count). The Morgan fingerprint density at radius 3 is 2.50 bits per heavy atom. The number of hydrogen-bond donors (Lipinski definition) is 2. The van der Waals surface area contributed by atoms with Gasteiger partial charge in [0.1, 0.15) is 5.60 Å². The van der Waals surface area contributed by atoms with Gasteiger partial charge < -0.3 is 15.4 Å². The lowest BCUT2D eigenvalue weighted by atomic mass is 10.1. The summed E-state index contributed by atoms with van der Waals surface area (Å²) in [5.41, 5.74) is 6.53. The minimum Gasteiger partial charge on any atom is -0.444 e. The average Bonchev–Trinajstić information content (AvgIpc) is 2.79. The molecule has 1 heterocycles. The van der Waals surface area contributed by atoms with Crippen molar-refractivity contribution in [3.63, 3.8) is 0 Å². The van der Waals surface area contributed by atoms with Gasteiger partial charge in [0, 0.05) is 24.3 Å². The number of hydrogen-bond acceptors (Lipinski definition) is 4. The predicted octanol–water partition coefficient (Wildman–Crippen LogP) is 2.35. The number of benzene rings is 1. The van der Waals surface area contributed by atoms with E-state index in [9.17, 15) is 9.59 Å². The highest BCUT2D eigenvalue weighted by Gasteiger charge is 2.29. The van der Waals surface area contributed by atoms with Crippen LogP contribution in [-0.4, -0.2) is 30.7 Å². The quantitative estimate of drug-likeness (QED) is 0.897. The van der Waals surface area contributed by atoms with E-state index < -0.39 is 11.7 Å². The van der Waals surface area contributed by atoms with E-state index in [1.54, 1.807) is 17.0 Å². The lowest BCUT2D eigenvalue weighted by Crippen LogP contribution is -2.27. The SMILES string of the molecule is CC(C)(C)OC(=O)Nc1ccc(N2CC(CN)CC2=O)cc1. The molecule has 3 N–H and O–H groups in total. The molecule has 1 saturated heterocycles. The molecule has 1 aliphatic rings. The number of ether oxygens (including phenoxy) is 1. The zero-order valence-corrected chi connectivity index (χ0v) is 13.3. The van der Waals surface area contributed by atoms with Gasteiger partial charge in [-0.3, -0.25) is 10.1 Å². The van der Waals surface area contributed by atoms with Crippen molar-refractivity contribution in [1.82, 2.24) is 0 Å². The van der Waals surface area contributed by atoms with Crippen molar-refractivity contribution in [3.8, 4) is 0 Å². The molecule has 6 nitrogen and oxygen atoms in total. The van der Waals surface area contributed by atoms with Gasteiger partial charge in [-0.1, -0.05) is 0 Å². The first kappa shape index (κ1) is 16.3. The third kappa shape index (κ3) is 4.21. The predicted molar refractivity (Wildman–Crippen MR) is 85.8 cm³/mol. The molecule has 1 fully saturated rings. The van der Waals surface area contributed by atoms with Crippen molar-refractivity contribution < 1.29 is 14.3 Å². The highest BCUT2D eigenvalue weighted by Crippen LogP contribution is 2.25. The molecule has 0 saturated carbocycles. The van der Waals surface area contributed by atoms with Crippen molar-refractivity contribution in [2.45, 2.75) is 32.8 Å². The summed E-state index contributed by atoms with van der Waals surface area (Å²) >= 11 is 0. The minimum atomic E-state index is -0.538. The number of nitrogens with two attached hydrogens (primary N) is 1. The topological polar surface area (TPSA) is 84.7 Å². The van der Waals surface area contributed by atoms with Gasteiger partial charge in [-0.2, -0.15) is 0 Å². The molecule has 1 unspecified atom stereocenters. The number of carbonyl (C=O) groups excluding carboxylic acids is 2. The molecule has 1 aromatic rings. The third-order valence-corrected chi connectivity index (χ3v) is 3.36. The fourth-order valence-electron chi connectivity index (χ4n) is 2.34. The number of nitrogens with zero attached hydrogens (tertiary/aromatic N) is 1. The van der Waals surface area contributed by atoms with Crippen LogP contribution in [0.5, 0.6) is 0 Å². The van der Waals surface area contributed by atoms with Gasteiger partial charge in [-0.05, 0) is 57.5 Å². The van der Waals surface area contributed by atoms with Crippen molar-refractivity contribution >= 4 is 23.4 Å². The van der Waals surface area contributed by atoms with Gasteiger partial charge in [0.15, 0.2) is 0 Å². The van der Waals surface area contributed by atoms with Gasteiger partial charge in [0.25, 0.3) is 0 Å². The molecule has 120 valence electrons. The molecule has 1 aromatic carbocycles. The lowest BCUT2D eigenvalue weighted by molar-refractivity contribution is -0.117. The molecule has 2 amide bonds. The van der Waals surface area contributed by atoms with Crippen LogP contribution < -0.4 is 16.0 Å². The Morgan fingerprint density at radius 1 is 1.36 bits per heavy atom. The molecule has 1 aliphatic heterocycles. The second-order valence-corrected chi connectivity index (χ2v) is 6.48. The molecule has 0 bridgehead atoms.